The number of nitrogens with one attached hydrogen (secondary N) is 1. The Balaban J connectivity index is 1.54. The van der Waals surface area contributed by atoms with Gasteiger partial charge in [-0.05, 0) is 43.5 Å². The molecule has 3 heterocycles. The first-order valence-corrected chi connectivity index (χ1v) is 13.1. The van der Waals surface area contributed by atoms with Gasteiger partial charge in [0.1, 0.15) is 5.82 Å². The van der Waals surface area contributed by atoms with Gasteiger partial charge in [0.05, 0.1) is 24.7 Å². The summed E-state index contributed by atoms with van der Waals surface area (Å²) in [5, 5.41) is 2.96. The van der Waals surface area contributed by atoms with Crippen LogP contribution in [0.5, 0.6) is 0 Å². The molecule has 0 spiro atoms. The molecular formula is C22H31N5O4S. The Hall–Kier alpha value is -2.40. The van der Waals surface area contributed by atoms with E-state index in [-0.39, 0.29) is 11.8 Å². The molecule has 2 aliphatic heterocycles. The van der Waals surface area contributed by atoms with Crippen LogP contribution >= 0.6 is 10.6 Å². The van der Waals surface area contributed by atoms with E-state index in [2.05, 4.69) is 15.2 Å². The summed E-state index contributed by atoms with van der Waals surface area (Å²) in [6.45, 7) is 4.29. The van der Waals surface area contributed by atoms with Crippen LogP contribution in [0.4, 0.5) is 16.3 Å². The van der Waals surface area contributed by atoms with Gasteiger partial charge in [-0.15, -0.1) is 0 Å². The lowest BCUT2D eigenvalue weighted by Gasteiger charge is -2.30. The van der Waals surface area contributed by atoms with Gasteiger partial charge < -0.3 is 19.9 Å². The molecule has 0 unspecified atom stereocenters. The van der Waals surface area contributed by atoms with Gasteiger partial charge in [0.25, 0.3) is 0 Å². The SMILES string of the molecule is CS(O)(O)Cc1cc(N2CCOCC2)nc(-c2ccc(NC(=O)N3CCCCC3)cc2)n1. The van der Waals surface area contributed by atoms with Crippen LogP contribution in [-0.4, -0.2) is 75.7 Å². The van der Waals surface area contributed by atoms with Gasteiger partial charge in [0.2, 0.25) is 0 Å². The summed E-state index contributed by atoms with van der Waals surface area (Å²) in [5.41, 5.74) is 2.10. The van der Waals surface area contributed by atoms with Crippen LogP contribution in [0, 0.1) is 0 Å². The van der Waals surface area contributed by atoms with Crippen molar-refractivity contribution in [3.63, 3.8) is 0 Å². The molecule has 0 aliphatic carbocycles. The highest BCUT2D eigenvalue weighted by atomic mass is 32.3. The van der Waals surface area contributed by atoms with Crippen LogP contribution in [-0.2, 0) is 10.5 Å². The number of ether oxygens (including phenoxy) is 1. The maximum atomic E-state index is 12.4. The molecule has 3 N–H and O–H groups in total. The number of aromatic nitrogens is 2. The molecule has 1 aromatic carbocycles. The molecule has 2 saturated heterocycles. The van der Waals surface area contributed by atoms with Gasteiger partial charge in [-0.25, -0.2) is 14.8 Å². The van der Waals surface area contributed by atoms with Crippen LogP contribution in [0.25, 0.3) is 11.4 Å². The topological polar surface area (TPSA) is 111 Å². The van der Waals surface area contributed by atoms with Crippen molar-refractivity contribution in [1.29, 1.82) is 0 Å². The van der Waals surface area contributed by atoms with Crippen molar-refractivity contribution >= 4 is 28.1 Å². The summed E-state index contributed by atoms with van der Waals surface area (Å²) in [6, 6.07) is 9.18. The van der Waals surface area contributed by atoms with E-state index in [1.165, 1.54) is 12.7 Å². The van der Waals surface area contributed by atoms with E-state index in [0.717, 1.165) is 56.1 Å². The summed E-state index contributed by atoms with van der Waals surface area (Å²) in [7, 11) is -2.74. The maximum Gasteiger partial charge on any atom is 0.321 e. The first kappa shape index (κ1) is 22.8. The number of piperidine rings is 1. The number of benzene rings is 1. The predicted octanol–water partition coefficient (Wildman–Crippen LogP) is 3.88. The summed E-state index contributed by atoms with van der Waals surface area (Å²) >= 11 is 0. The van der Waals surface area contributed by atoms with E-state index in [9.17, 15) is 13.9 Å². The maximum absolute atomic E-state index is 12.4. The molecule has 9 nitrogen and oxygen atoms in total. The summed E-state index contributed by atoms with van der Waals surface area (Å²) in [5.74, 6) is 1.34. The van der Waals surface area contributed by atoms with Crippen molar-refractivity contribution in [3.8, 4) is 11.4 Å². The molecule has 174 valence electrons. The van der Waals surface area contributed by atoms with Crippen molar-refractivity contribution in [1.82, 2.24) is 14.9 Å². The van der Waals surface area contributed by atoms with Crippen LogP contribution < -0.4 is 10.2 Å². The minimum atomic E-state index is -2.74. The first-order valence-electron chi connectivity index (χ1n) is 11.0. The van der Waals surface area contributed by atoms with Gasteiger partial charge in [0, 0.05) is 49.8 Å². The van der Waals surface area contributed by atoms with Crippen LogP contribution in [0.15, 0.2) is 30.3 Å². The Bertz CT molecular complexity index is 923. The lowest BCUT2D eigenvalue weighted by Crippen LogP contribution is -2.38. The highest BCUT2D eigenvalue weighted by Crippen LogP contribution is 2.38. The Kier molecular flexibility index (Phi) is 7.14. The molecule has 1 aromatic heterocycles. The standard InChI is InChI=1S/C22H31N5O4S/c1-32(29,30)16-19-15-20(26-11-13-31-14-12-26)25-21(23-19)17-5-7-18(8-6-17)24-22(28)27-9-3-2-4-10-27/h5-8,15,29-30H,2-4,9-14,16H2,1H3,(H,24,28). The summed E-state index contributed by atoms with van der Waals surface area (Å²) in [4.78, 5) is 25.7. The molecular weight excluding hydrogens is 430 g/mol. The number of rotatable bonds is 5. The molecule has 32 heavy (non-hydrogen) atoms. The lowest BCUT2D eigenvalue weighted by molar-refractivity contribution is 0.122. The Labute approximate surface area is 190 Å². The molecule has 4 rings (SSSR count). The number of amides is 2. The minimum Gasteiger partial charge on any atom is -0.378 e. The summed E-state index contributed by atoms with van der Waals surface area (Å²) < 4.78 is 25.4. The quantitative estimate of drug-likeness (QED) is 0.620. The number of carbonyl (C=O) groups is 1. The van der Waals surface area contributed by atoms with Crippen molar-refractivity contribution in [2.24, 2.45) is 0 Å². The third kappa shape index (κ3) is 6.10. The fourth-order valence-electron chi connectivity index (χ4n) is 3.92. The second-order valence-electron chi connectivity index (χ2n) is 8.33. The molecule has 2 aliphatic rings. The van der Waals surface area contributed by atoms with Gasteiger partial charge in [-0.2, -0.15) is 10.6 Å². The molecule has 0 bridgehead atoms. The number of likely N-dealkylation sites (tertiary alicyclic amines) is 1. The van der Waals surface area contributed by atoms with Crippen molar-refractivity contribution in [2.45, 2.75) is 25.0 Å². The van der Waals surface area contributed by atoms with E-state index >= 15 is 0 Å². The Morgan fingerprint density at radius 1 is 1.06 bits per heavy atom. The molecule has 0 radical (unpaired) electrons. The average molecular weight is 462 g/mol. The monoisotopic (exact) mass is 461 g/mol. The van der Waals surface area contributed by atoms with Gasteiger partial charge in [-0.1, -0.05) is 0 Å². The molecule has 0 atom stereocenters. The number of urea groups is 1. The zero-order valence-electron chi connectivity index (χ0n) is 18.4. The predicted molar refractivity (Wildman–Crippen MR) is 127 cm³/mol. The fourth-order valence-corrected chi connectivity index (χ4v) is 4.63. The highest BCUT2D eigenvalue weighted by Gasteiger charge is 2.19. The molecule has 2 aromatic rings. The van der Waals surface area contributed by atoms with E-state index in [1.54, 1.807) is 0 Å². The highest BCUT2D eigenvalue weighted by molar-refractivity contribution is 8.23. The number of nitrogens with zero attached hydrogens (tertiary/aromatic N) is 4. The fraction of sp³-hybridized carbons (Fsp3) is 0.500. The average Bonchev–Trinajstić information content (AvgIpc) is 2.79. The third-order valence-corrected chi connectivity index (χ3v) is 6.40. The molecule has 2 amide bonds. The van der Waals surface area contributed by atoms with E-state index in [0.29, 0.717) is 24.7 Å². The van der Waals surface area contributed by atoms with Gasteiger partial charge >= 0.3 is 6.03 Å². The van der Waals surface area contributed by atoms with E-state index in [1.807, 2.05) is 35.2 Å². The number of hydrogen-bond acceptors (Lipinski definition) is 7. The summed E-state index contributed by atoms with van der Waals surface area (Å²) in [6.07, 6.45) is 4.70. The van der Waals surface area contributed by atoms with Crippen molar-refractivity contribution < 1.29 is 18.6 Å². The van der Waals surface area contributed by atoms with E-state index < -0.39 is 10.6 Å². The number of morpholine rings is 1. The van der Waals surface area contributed by atoms with Crippen LogP contribution in [0.1, 0.15) is 25.0 Å². The second kappa shape index (κ2) is 10.0. The van der Waals surface area contributed by atoms with Gasteiger partial charge in [-0.3, -0.25) is 9.11 Å². The smallest absolute Gasteiger partial charge is 0.321 e. The van der Waals surface area contributed by atoms with Crippen LogP contribution in [0.2, 0.25) is 0 Å². The number of hydrogen-bond donors (Lipinski definition) is 3. The van der Waals surface area contributed by atoms with Gasteiger partial charge in [0.15, 0.2) is 5.82 Å². The zero-order valence-corrected chi connectivity index (χ0v) is 19.2. The molecule has 10 heteroatoms. The second-order valence-corrected chi connectivity index (χ2v) is 10.6. The van der Waals surface area contributed by atoms with Crippen molar-refractivity contribution in [3.05, 3.63) is 36.0 Å². The Morgan fingerprint density at radius 2 is 1.75 bits per heavy atom. The first-order chi connectivity index (χ1) is 15.4. The third-order valence-electron chi connectivity index (χ3n) is 5.56. The van der Waals surface area contributed by atoms with Crippen molar-refractivity contribution in [2.75, 3.05) is 55.9 Å². The molecule has 2 fully saturated rings. The normalized spacial score (nSPS) is 17.8. The minimum absolute atomic E-state index is 0.0709. The molecule has 0 saturated carbocycles. The van der Waals surface area contributed by atoms with Crippen LogP contribution in [0.3, 0.4) is 0 Å². The lowest BCUT2D eigenvalue weighted by atomic mass is 10.1. The largest absolute Gasteiger partial charge is 0.378 e. The number of carbonyl (C=O) groups excluding carboxylic acids is 1. The Morgan fingerprint density at radius 3 is 2.41 bits per heavy atom. The number of anilines is 2. The zero-order chi connectivity index (χ0) is 22.6. The van der Waals surface area contributed by atoms with E-state index in [4.69, 9.17) is 9.72 Å².